The molecule has 94 valence electrons. The molecule has 1 N–H and O–H groups in total. The number of nitrogens with zero attached hydrogens (tertiary/aromatic N) is 1. The van der Waals surface area contributed by atoms with Crippen LogP contribution in [-0.4, -0.2) is 25.0 Å². The van der Waals surface area contributed by atoms with Crippen molar-refractivity contribution in [3.8, 4) is 0 Å². The molecule has 2 aromatic rings. The molecule has 2 atom stereocenters. The van der Waals surface area contributed by atoms with Crippen molar-refractivity contribution in [1.82, 2.24) is 5.32 Å². The quantitative estimate of drug-likeness (QED) is 0.774. The summed E-state index contributed by atoms with van der Waals surface area (Å²) >= 11 is 0. The van der Waals surface area contributed by atoms with Gasteiger partial charge >= 0.3 is 0 Å². The SMILES string of the molecule is CC1NC(=O)c2oc3ccccc3c2N(C)C1C. The molecule has 0 radical (unpaired) electrons. The number of hydrogen-bond acceptors (Lipinski definition) is 3. The van der Waals surface area contributed by atoms with Gasteiger partial charge in [-0.3, -0.25) is 4.79 Å². The van der Waals surface area contributed by atoms with Crippen molar-refractivity contribution >= 4 is 22.6 Å². The molecule has 0 spiro atoms. The van der Waals surface area contributed by atoms with E-state index in [0.29, 0.717) is 5.76 Å². The highest BCUT2D eigenvalue weighted by atomic mass is 16.3. The fourth-order valence-corrected chi connectivity index (χ4v) is 2.47. The van der Waals surface area contributed by atoms with Gasteiger partial charge in [0.15, 0.2) is 0 Å². The highest BCUT2D eigenvalue weighted by molar-refractivity contribution is 6.07. The number of carbonyl (C=O) groups is 1. The molecule has 0 bridgehead atoms. The van der Waals surface area contributed by atoms with Gasteiger partial charge in [-0.2, -0.15) is 0 Å². The predicted molar refractivity (Wildman–Crippen MR) is 71.0 cm³/mol. The number of hydrogen-bond donors (Lipinski definition) is 1. The molecule has 1 aliphatic rings. The summed E-state index contributed by atoms with van der Waals surface area (Å²) in [7, 11) is 2.00. The molecule has 18 heavy (non-hydrogen) atoms. The van der Waals surface area contributed by atoms with Gasteiger partial charge in [0.05, 0.1) is 5.69 Å². The van der Waals surface area contributed by atoms with Gasteiger partial charge in [-0.25, -0.2) is 0 Å². The Morgan fingerprint density at radius 1 is 1.28 bits per heavy atom. The van der Waals surface area contributed by atoms with Gasteiger partial charge in [0.2, 0.25) is 5.76 Å². The van der Waals surface area contributed by atoms with E-state index < -0.39 is 0 Å². The zero-order valence-corrected chi connectivity index (χ0v) is 10.7. The molecule has 0 saturated heterocycles. The summed E-state index contributed by atoms with van der Waals surface area (Å²) in [5, 5.41) is 3.96. The van der Waals surface area contributed by atoms with Crippen LogP contribution in [0.3, 0.4) is 0 Å². The first-order valence-corrected chi connectivity index (χ1v) is 6.15. The Kier molecular flexibility index (Phi) is 2.33. The molecule has 2 unspecified atom stereocenters. The average molecular weight is 244 g/mol. The van der Waals surface area contributed by atoms with Gasteiger partial charge in [0.25, 0.3) is 5.91 Å². The fourth-order valence-electron chi connectivity index (χ4n) is 2.47. The third-order valence-electron chi connectivity index (χ3n) is 3.82. The normalized spacial score (nSPS) is 23.7. The second-order valence-electron chi connectivity index (χ2n) is 4.89. The van der Waals surface area contributed by atoms with Crippen LogP contribution in [0.4, 0.5) is 5.69 Å². The molecular formula is C14H16N2O2. The minimum atomic E-state index is -0.134. The lowest BCUT2D eigenvalue weighted by Gasteiger charge is -2.28. The van der Waals surface area contributed by atoms with E-state index >= 15 is 0 Å². The van der Waals surface area contributed by atoms with Crippen LogP contribution < -0.4 is 10.2 Å². The average Bonchev–Trinajstić information content (AvgIpc) is 2.72. The number of nitrogens with one attached hydrogen (secondary N) is 1. The molecule has 4 nitrogen and oxygen atoms in total. The zero-order valence-electron chi connectivity index (χ0n) is 10.7. The van der Waals surface area contributed by atoms with E-state index in [-0.39, 0.29) is 18.0 Å². The first kappa shape index (κ1) is 11.1. The Labute approximate surface area is 106 Å². The van der Waals surface area contributed by atoms with E-state index in [1.807, 2.05) is 38.2 Å². The van der Waals surface area contributed by atoms with Crippen LogP contribution in [0.15, 0.2) is 28.7 Å². The maximum absolute atomic E-state index is 12.1. The fraction of sp³-hybridized carbons (Fsp3) is 0.357. The van der Waals surface area contributed by atoms with Gasteiger partial charge in [-0.15, -0.1) is 0 Å². The molecule has 0 saturated carbocycles. The standard InChI is InChI=1S/C14H16N2O2/c1-8-9(2)16(3)12-10-6-4-5-7-11(10)18-13(12)14(17)15-8/h4-9H,1-3H3,(H,15,17). The highest BCUT2D eigenvalue weighted by Gasteiger charge is 2.32. The molecule has 2 heterocycles. The molecule has 1 aromatic carbocycles. The van der Waals surface area contributed by atoms with Crippen LogP contribution in [0.2, 0.25) is 0 Å². The van der Waals surface area contributed by atoms with E-state index in [0.717, 1.165) is 16.7 Å². The number of fused-ring (bicyclic) bond motifs is 3. The number of amides is 1. The number of para-hydroxylation sites is 1. The van der Waals surface area contributed by atoms with Crippen molar-refractivity contribution in [2.24, 2.45) is 0 Å². The zero-order chi connectivity index (χ0) is 12.9. The van der Waals surface area contributed by atoms with Gasteiger partial charge in [0.1, 0.15) is 5.58 Å². The number of anilines is 1. The molecule has 0 aliphatic carbocycles. The second kappa shape index (κ2) is 3.77. The Balaban J connectivity index is 2.29. The first-order valence-electron chi connectivity index (χ1n) is 6.15. The summed E-state index contributed by atoms with van der Waals surface area (Å²) in [5.74, 6) is 0.278. The molecule has 1 amide bonds. The third kappa shape index (κ3) is 1.41. The lowest BCUT2D eigenvalue weighted by Crippen LogP contribution is -2.44. The summed E-state index contributed by atoms with van der Waals surface area (Å²) in [6.45, 7) is 4.11. The highest BCUT2D eigenvalue weighted by Crippen LogP contribution is 2.36. The summed E-state index contributed by atoms with van der Waals surface area (Å²) in [4.78, 5) is 14.3. The maximum atomic E-state index is 12.1. The van der Waals surface area contributed by atoms with E-state index in [1.54, 1.807) is 0 Å². The molecule has 3 rings (SSSR count). The van der Waals surface area contributed by atoms with Gasteiger partial charge in [-0.1, -0.05) is 12.1 Å². The Bertz CT molecular complexity index is 617. The lowest BCUT2D eigenvalue weighted by atomic mass is 10.1. The molecule has 1 aliphatic heterocycles. The van der Waals surface area contributed by atoms with E-state index in [9.17, 15) is 4.79 Å². The smallest absolute Gasteiger partial charge is 0.289 e. The number of benzene rings is 1. The third-order valence-corrected chi connectivity index (χ3v) is 3.82. The number of furan rings is 1. The minimum absolute atomic E-state index is 0.0869. The van der Waals surface area contributed by atoms with Crippen LogP contribution in [0.1, 0.15) is 24.4 Å². The first-order chi connectivity index (χ1) is 8.59. The summed E-state index contributed by atoms with van der Waals surface area (Å²) in [6.07, 6.45) is 0. The van der Waals surface area contributed by atoms with Crippen molar-refractivity contribution in [3.63, 3.8) is 0 Å². The van der Waals surface area contributed by atoms with Crippen molar-refractivity contribution in [1.29, 1.82) is 0 Å². The van der Waals surface area contributed by atoms with Crippen LogP contribution in [0, 0.1) is 0 Å². The summed E-state index contributed by atoms with van der Waals surface area (Å²) in [6, 6.07) is 8.06. The number of rotatable bonds is 0. The monoisotopic (exact) mass is 244 g/mol. The van der Waals surface area contributed by atoms with Crippen LogP contribution in [0.5, 0.6) is 0 Å². The van der Waals surface area contributed by atoms with E-state index in [2.05, 4.69) is 17.1 Å². The van der Waals surface area contributed by atoms with E-state index in [1.165, 1.54) is 0 Å². The number of carbonyl (C=O) groups excluding carboxylic acids is 1. The van der Waals surface area contributed by atoms with Crippen LogP contribution in [0.25, 0.3) is 11.0 Å². The van der Waals surface area contributed by atoms with Crippen molar-refractivity contribution < 1.29 is 9.21 Å². The van der Waals surface area contributed by atoms with Gasteiger partial charge in [0, 0.05) is 24.5 Å². The molecule has 0 fully saturated rings. The van der Waals surface area contributed by atoms with Crippen molar-refractivity contribution in [2.75, 3.05) is 11.9 Å². The predicted octanol–water partition coefficient (Wildman–Crippen LogP) is 2.39. The van der Waals surface area contributed by atoms with Crippen molar-refractivity contribution in [3.05, 3.63) is 30.0 Å². The van der Waals surface area contributed by atoms with Gasteiger partial charge < -0.3 is 14.6 Å². The number of likely N-dealkylation sites (N-methyl/N-ethyl adjacent to an activating group) is 1. The summed E-state index contributed by atoms with van der Waals surface area (Å²) in [5.41, 5.74) is 1.64. The van der Waals surface area contributed by atoms with Crippen LogP contribution in [-0.2, 0) is 0 Å². The Hall–Kier alpha value is -1.97. The van der Waals surface area contributed by atoms with E-state index in [4.69, 9.17) is 4.42 Å². The second-order valence-corrected chi connectivity index (χ2v) is 4.89. The maximum Gasteiger partial charge on any atom is 0.289 e. The Morgan fingerprint density at radius 3 is 2.78 bits per heavy atom. The largest absolute Gasteiger partial charge is 0.449 e. The molecule has 4 heteroatoms. The molecule has 1 aromatic heterocycles. The topological polar surface area (TPSA) is 45.5 Å². The summed E-state index contributed by atoms with van der Waals surface area (Å²) < 4.78 is 5.70. The minimum Gasteiger partial charge on any atom is -0.449 e. The van der Waals surface area contributed by atoms with Crippen LogP contribution >= 0.6 is 0 Å². The Morgan fingerprint density at radius 2 is 2.00 bits per heavy atom. The van der Waals surface area contributed by atoms with Crippen molar-refractivity contribution in [2.45, 2.75) is 25.9 Å². The lowest BCUT2D eigenvalue weighted by molar-refractivity contribution is 0.0916. The van der Waals surface area contributed by atoms with Gasteiger partial charge in [-0.05, 0) is 26.0 Å². The molecular weight excluding hydrogens is 228 g/mol.